The van der Waals surface area contributed by atoms with Crippen molar-refractivity contribution < 1.29 is 14.4 Å². The van der Waals surface area contributed by atoms with E-state index < -0.39 is 5.92 Å². The molecular formula is C12H9NO3. The maximum Gasteiger partial charge on any atom is 0.180 e. The lowest BCUT2D eigenvalue weighted by Crippen LogP contribution is -2.24. The summed E-state index contributed by atoms with van der Waals surface area (Å²) in [6.45, 7) is 0.461. The highest BCUT2D eigenvalue weighted by atomic mass is 16.6. The molecule has 2 aliphatic rings. The lowest BCUT2D eigenvalue weighted by atomic mass is 9.96. The van der Waals surface area contributed by atoms with Crippen LogP contribution in [0.25, 0.3) is 0 Å². The fraction of sp³-hybridized carbons (Fsp3) is 0.250. The zero-order valence-electron chi connectivity index (χ0n) is 8.47. The van der Waals surface area contributed by atoms with Crippen LogP contribution in [0.5, 0.6) is 0 Å². The summed E-state index contributed by atoms with van der Waals surface area (Å²) in [5, 5.41) is 3.78. The topological polar surface area (TPSA) is 55.7 Å². The Kier molecular flexibility index (Phi) is 1.89. The third-order valence-corrected chi connectivity index (χ3v) is 2.95. The number of nitrogens with zero attached hydrogens (tertiary/aromatic N) is 1. The van der Waals surface area contributed by atoms with Crippen LogP contribution in [0, 0.1) is 5.92 Å². The van der Waals surface area contributed by atoms with Gasteiger partial charge in [-0.05, 0) is 0 Å². The SMILES string of the molecule is O=C1c2ccccc2C(=O)C1C1=NOCC1. The maximum absolute atomic E-state index is 12.0. The highest BCUT2D eigenvalue weighted by molar-refractivity contribution is 6.36. The van der Waals surface area contributed by atoms with Gasteiger partial charge in [0.1, 0.15) is 12.5 Å². The van der Waals surface area contributed by atoms with E-state index in [1.165, 1.54) is 0 Å². The van der Waals surface area contributed by atoms with Gasteiger partial charge >= 0.3 is 0 Å². The highest BCUT2D eigenvalue weighted by Gasteiger charge is 2.42. The Morgan fingerprint density at radius 2 is 1.75 bits per heavy atom. The van der Waals surface area contributed by atoms with E-state index >= 15 is 0 Å². The normalized spacial score (nSPS) is 19.6. The molecule has 0 atom stereocenters. The Hall–Kier alpha value is -1.97. The summed E-state index contributed by atoms with van der Waals surface area (Å²) in [6.07, 6.45) is 0.566. The van der Waals surface area contributed by atoms with Crippen molar-refractivity contribution in [2.75, 3.05) is 6.61 Å². The van der Waals surface area contributed by atoms with Crippen LogP contribution in [0.15, 0.2) is 29.4 Å². The molecule has 1 aliphatic heterocycles. The number of Topliss-reactive ketones (excluding diaryl/α,β-unsaturated/α-hetero) is 2. The average Bonchev–Trinajstić information content (AvgIpc) is 2.89. The van der Waals surface area contributed by atoms with E-state index in [1.54, 1.807) is 24.3 Å². The Morgan fingerprint density at radius 3 is 2.25 bits per heavy atom. The Labute approximate surface area is 91.9 Å². The third kappa shape index (κ3) is 1.13. The molecule has 0 saturated carbocycles. The van der Waals surface area contributed by atoms with E-state index in [4.69, 9.17) is 4.84 Å². The summed E-state index contributed by atoms with van der Waals surface area (Å²) in [5.74, 6) is -1.03. The van der Waals surface area contributed by atoms with Crippen molar-refractivity contribution in [1.29, 1.82) is 0 Å². The van der Waals surface area contributed by atoms with E-state index in [0.717, 1.165) is 0 Å². The number of ketones is 2. The largest absolute Gasteiger partial charge is 0.395 e. The van der Waals surface area contributed by atoms with E-state index in [-0.39, 0.29) is 11.6 Å². The van der Waals surface area contributed by atoms with Crippen molar-refractivity contribution in [1.82, 2.24) is 0 Å². The van der Waals surface area contributed by atoms with Crippen LogP contribution in [0.2, 0.25) is 0 Å². The molecule has 1 heterocycles. The molecular weight excluding hydrogens is 206 g/mol. The predicted molar refractivity (Wildman–Crippen MR) is 56.6 cm³/mol. The van der Waals surface area contributed by atoms with Gasteiger partial charge in [-0.25, -0.2) is 0 Å². The van der Waals surface area contributed by atoms with E-state index in [1.807, 2.05) is 0 Å². The molecule has 0 bridgehead atoms. The second-order valence-corrected chi connectivity index (χ2v) is 3.87. The first-order valence-electron chi connectivity index (χ1n) is 5.15. The second-order valence-electron chi connectivity index (χ2n) is 3.87. The van der Waals surface area contributed by atoms with Gasteiger partial charge in [-0.1, -0.05) is 29.4 Å². The number of oxime groups is 1. The van der Waals surface area contributed by atoms with Crippen molar-refractivity contribution in [3.05, 3.63) is 35.4 Å². The molecule has 1 aromatic carbocycles. The summed E-state index contributed by atoms with van der Waals surface area (Å²) >= 11 is 0. The molecule has 1 aromatic rings. The summed E-state index contributed by atoms with van der Waals surface area (Å²) in [5.41, 5.74) is 1.57. The van der Waals surface area contributed by atoms with Crippen LogP contribution in [0.3, 0.4) is 0 Å². The molecule has 0 amide bonds. The molecule has 0 N–H and O–H groups in total. The molecule has 3 rings (SSSR count). The van der Waals surface area contributed by atoms with E-state index in [2.05, 4.69) is 5.16 Å². The second kappa shape index (κ2) is 3.27. The van der Waals surface area contributed by atoms with Crippen LogP contribution in [-0.4, -0.2) is 23.9 Å². The van der Waals surface area contributed by atoms with Crippen LogP contribution < -0.4 is 0 Å². The molecule has 0 unspecified atom stereocenters. The summed E-state index contributed by atoms with van der Waals surface area (Å²) in [4.78, 5) is 28.9. The number of hydrogen-bond acceptors (Lipinski definition) is 4. The van der Waals surface area contributed by atoms with Gasteiger partial charge in [0.05, 0.1) is 5.71 Å². The minimum atomic E-state index is -0.736. The monoisotopic (exact) mass is 215 g/mol. The lowest BCUT2D eigenvalue weighted by molar-refractivity contribution is 0.0881. The number of hydrogen-bond donors (Lipinski definition) is 0. The van der Waals surface area contributed by atoms with Gasteiger partial charge < -0.3 is 4.84 Å². The smallest absolute Gasteiger partial charge is 0.180 e. The molecule has 4 nitrogen and oxygen atoms in total. The van der Waals surface area contributed by atoms with Crippen molar-refractivity contribution in [2.24, 2.45) is 11.1 Å². The van der Waals surface area contributed by atoms with Crippen LogP contribution >= 0.6 is 0 Å². The van der Waals surface area contributed by atoms with Gasteiger partial charge in [0.15, 0.2) is 11.6 Å². The van der Waals surface area contributed by atoms with Gasteiger partial charge in [0.2, 0.25) is 0 Å². The number of rotatable bonds is 1. The van der Waals surface area contributed by atoms with Gasteiger partial charge in [-0.15, -0.1) is 0 Å². The number of fused-ring (bicyclic) bond motifs is 1. The summed E-state index contributed by atoms with van der Waals surface area (Å²) < 4.78 is 0. The standard InChI is InChI=1S/C12H9NO3/c14-11-7-3-1-2-4-8(7)12(15)10(11)9-5-6-16-13-9/h1-4,10H,5-6H2. The Bertz CT molecular complexity index is 484. The van der Waals surface area contributed by atoms with E-state index in [0.29, 0.717) is 29.9 Å². The fourth-order valence-electron chi connectivity index (χ4n) is 2.17. The fourth-order valence-corrected chi connectivity index (χ4v) is 2.17. The van der Waals surface area contributed by atoms with Gasteiger partial charge in [0, 0.05) is 17.5 Å². The van der Waals surface area contributed by atoms with E-state index in [9.17, 15) is 9.59 Å². The van der Waals surface area contributed by atoms with Crippen molar-refractivity contribution in [2.45, 2.75) is 6.42 Å². The Morgan fingerprint density at radius 1 is 1.12 bits per heavy atom. The molecule has 0 aromatic heterocycles. The molecule has 1 aliphatic carbocycles. The molecule has 0 saturated heterocycles. The first kappa shape index (κ1) is 9.27. The van der Waals surface area contributed by atoms with Gasteiger partial charge in [-0.2, -0.15) is 0 Å². The van der Waals surface area contributed by atoms with Gasteiger partial charge in [0.25, 0.3) is 0 Å². The van der Waals surface area contributed by atoms with Crippen LogP contribution in [-0.2, 0) is 4.84 Å². The molecule has 4 heteroatoms. The molecule has 80 valence electrons. The minimum absolute atomic E-state index is 0.148. The third-order valence-electron chi connectivity index (χ3n) is 2.95. The average molecular weight is 215 g/mol. The molecule has 0 radical (unpaired) electrons. The first-order valence-corrected chi connectivity index (χ1v) is 5.15. The molecule has 0 spiro atoms. The maximum atomic E-state index is 12.0. The summed E-state index contributed by atoms with van der Waals surface area (Å²) in [7, 11) is 0. The molecule has 0 fully saturated rings. The number of benzene rings is 1. The van der Waals surface area contributed by atoms with Crippen molar-refractivity contribution in [3.8, 4) is 0 Å². The van der Waals surface area contributed by atoms with Crippen molar-refractivity contribution >= 4 is 17.3 Å². The van der Waals surface area contributed by atoms with Crippen LogP contribution in [0.4, 0.5) is 0 Å². The predicted octanol–water partition coefficient (Wildman–Crippen LogP) is 1.46. The molecule has 16 heavy (non-hydrogen) atoms. The minimum Gasteiger partial charge on any atom is -0.395 e. The number of carbonyl (C=O) groups excluding carboxylic acids is 2. The van der Waals surface area contributed by atoms with Crippen molar-refractivity contribution in [3.63, 3.8) is 0 Å². The zero-order chi connectivity index (χ0) is 11.1. The Balaban J connectivity index is 2.07. The number of carbonyl (C=O) groups is 2. The highest BCUT2D eigenvalue weighted by Crippen LogP contribution is 2.29. The lowest BCUT2D eigenvalue weighted by Gasteiger charge is -2.02. The summed E-state index contributed by atoms with van der Waals surface area (Å²) in [6, 6.07) is 6.90. The van der Waals surface area contributed by atoms with Gasteiger partial charge in [-0.3, -0.25) is 9.59 Å². The quantitative estimate of drug-likeness (QED) is 0.666. The first-order chi connectivity index (χ1) is 7.79. The zero-order valence-corrected chi connectivity index (χ0v) is 8.47. The van der Waals surface area contributed by atoms with Crippen LogP contribution in [0.1, 0.15) is 27.1 Å².